The fourth-order valence-corrected chi connectivity index (χ4v) is 1.70. The van der Waals surface area contributed by atoms with Crippen molar-refractivity contribution < 1.29 is 9.59 Å². The SMILES string of the molecule is CC(C)CCN(CCC(C)C)C(=O)C(N)CC(N)=O. The standard InChI is InChI=1S/C14H29N3O2/c1-10(2)5-7-17(8-6-11(3)4)14(19)12(15)9-13(16)18/h10-12H,5-9,15H2,1-4H3,(H2,16,18). The molecule has 112 valence electrons. The summed E-state index contributed by atoms with van der Waals surface area (Å²) < 4.78 is 0. The Morgan fingerprint density at radius 2 is 1.42 bits per heavy atom. The Morgan fingerprint density at radius 3 is 1.74 bits per heavy atom. The van der Waals surface area contributed by atoms with Crippen molar-refractivity contribution in [3.63, 3.8) is 0 Å². The molecule has 0 aliphatic rings. The molecule has 5 heteroatoms. The van der Waals surface area contributed by atoms with E-state index in [1.807, 2.05) is 0 Å². The van der Waals surface area contributed by atoms with Gasteiger partial charge in [-0.1, -0.05) is 27.7 Å². The van der Waals surface area contributed by atoms with Crippen LogP contribution in [0.1, 0.15) is 47.0 Å². The highest BCUT2D eigenvalue weighted by Gasteiger charge is 2.22. The van der Waals surface area contributed by atoms with Crippen molar-refractivity contribution in [2.45, 2.75) is 53.0 Å². The van der Waals surface area contributed by atoms with Crippen LogP contribution in [-0.4, -0.2) is 35.8 Å². The van der Waals surface area contributed by atoms with Gasteiger partial charge >= 0.3 is 0 Å². The second kappa shape index (κ2) is 8.91. The van der Waals surface area contributed by atoms with Gasteiger partial charge in [-0.05, 0) is 24.7 Å². The lowest BCUT2D eigenvalue weighted by Gasteiger charge is -2.27. The quantitative estimate of drug-likeness (QED) is 0.658. The lowest BCUT2D eigenvalue weighted by molar-refractivity contribution is -0.135. The zero-order valence-electron chi connectivity index (χ0n) is 12.7. The summed E-state index contributed by atoms with van der Waals surface area (Å²) in [5.74, 6) is 0.358. The van der Waals surface area contributed by atoms with E-state index >= 15 is 0 Å². The second-order valence-electron chi connectivity index (χ2n) is 5.97. The molecule has 0 aliphatic heterocycles. The molecule has 0 radical (unpaired) electrons. The van der Waals surface area contributed by atoms with Gasteiger partial charge < -0.3 is 16.4 Å². The third kappa shape index (κ3) is 8.59. The summed E-state index contributed by atoms with van der Waals surface area (Å²) in [6.45, 7) is 9.86. The molecule has 2 amide bonds. The van der Waals surface area contributed by atoms with E-state index in [1.54, 1.807) is 4.90 Å². The van der Waals surface area contributed by atoms with Crippen LogP contribution in [0.4, 0.5) is 0 Å². The van der Waals surface area contributed by atoms with Crippen molar-refractivity contribution in [1.82, 2.24) is 4.90 Å². The van der Waals surface area contributed by atoms with Crippen molar-refractivity contribution in [2.24, 2.45) is 23.3 Å². The average Bonchev–Trinajstić information content (AvgIpc) is 2.26. The van der Waals surface area contributed by atoms with E-state index < -0.39 is 11.9 Å². The summed E-state index contributed by atoms with van der Waals surface area (Å²) in [5.41, 5.74) is 10.8. The molecule has 0 aromatic rings. The van der Waals surface area contributed by atoms with Crippen LogP contribution in [0, 0.1) is 11.8 Å². The first-order chi connectivity index (χ1) is 8.73. The van der Waals surface area contributed by atoms with Gasteiger partial charge in [0, 0.05) is 13.1 Å². The summed E-state index contributed by atoms with van der Waals surface area (Å²) in [4.78, 5) is 24.8. The largest absolute Gasteiger partial charge is 0.370 e. The van der Waals surface area contributed by atoms with Gasteiger partial charge in [0.15, 0.2) is 0 Å². The first-order valence-electron chi connectivity index (χ1n) is 7.06. The van der Waals surface area contributed by atoms with E-state index in [9.17, 15) is 9.59 Å². The van der Waals surface area contributed by atoms with Crippen LogP contribution in [0.2, 0.25) is 0 Å². The molecule has 1 atom stereocenters. The normalized spacial score (nSPS) is 12.8. The number of carbonyl (C=O) groups is 2. The van der Waals surface area contributed by atoms with Crippen molar-refractivity contribution in [3.8, 4) is 0 Å². The molecule has 0 saturated carbocycles. The van der Waals surface area contributed by atoms with Gasteiger partial charge in [-0.15, -0.1) is 0 Å². The number of hydrogen-bond donors (Lipinski definition) is 2. The van der Waals surface area contributed by atoms with Crippen molar-refractivity contribution >= 4 is 11.8 Å². The third-order valence-electron chi connectivity index (χ3n) is 3.00. The molecular weight excluding hydrogens is 242 g/mol. The van der Waals surface area contributed by atoms with Crippen LogP contribution in [-0.2, 0) is 9.59 Å². The van der Waals surface area contributed by atoms with Crippen LogP contribution in [0.25, 0.3) is 0 Å². The molecule has 1 unspecified atom stereocenters. The molecule has 0 bridgehead atoms. The minimum Gasteiger partial charge on any atom is -0.370 e. The maximum absolute atomic E-state index is 12.2. The zero-order valence-corrected chi connectivity index (χ0v) is 12.7. The summed E-state index contributed by atoms with van der Waals surface area (Å²) in [7, 11) is 0. The summed E-state index contributed by atoms with van der Waals surface area (Å²) in [5, 5.41) is 0. The molecule has 19 heavy (non-hydrogen) atoms. The fraction of sp³-hybridized carbons (Fsp3) is 0.857. The number of nitrogens with zero attached hydrogens (tertiary/aromatic N) is 1. The van der Waals surface area contributed by atoms with E-state index in [4.69, 9.17) is 11.5 Å². The molecule has 0 aromatic carbocycles. The lowest BCUT2D eigenvalue weighted by Crippen LogP contribution is -2.46. The highest BCUT2D eigenvalue weighted by molar-refractivity contribution is 5.87. The number of hydrogen-bond acceptors (Lipinski definition) is 3. The molecule has 0 saturated heterocycles. The first kappa shape index (κ1) is 17.9. The van der Waals surface area contributed by atoms with Crippen LogP contribution in [0.15, 0.2) is 0 Å². The van der Waals surface area contributed by atoms with Crippen molar-refractivity contribution in [1.29, 1.82) is 0 Å². The third-order valence-corrected chi connectivity index (χ3v) is 3.00. The van der Waals surface area contributed by atoms with E-state index in [2.05, 4.69) is 27.7 Å². The Bertz CT molecular complexity index is 278. The van der Waals surface area contributed by atoms with Crippen LogP contribution < -0.4 is 11.5 Å². The number of primary amides is 1. The van der Waals surface area contributed by atoms with E-state index in [-0.39, 0.29) is 12.3 Å². The topological polar surface area (TPSA) is 89.4 Å². The Morgan fingerprint density at radius 1 is 1.00 bits per heavy atom. The minimum absolute atomic E-state index is 0.0846. The number of nitrogens with two attached hydrogens (primary N) is 2. The van der Waals surface area contributed by atoms with Crippen molar-refractivity contribution in [2.75, 3.05) is 13.1 Å². The maximum atomic E-state index is 12.2. The second-order valence-corrected chi connectivity index (χ2v) is 5.97. The summed E-state index contributed by atoms with van der Waals surface area (Å²) in [6, 6.07) is -0.808. The predicted molar refractivity (Wildman–Crippen MR) is 77.3 cm³/mol. The van der Waals surface area contributed by atoms with E-state index in [0.717, 1.165) is 12.8 Å². The Labute approximate surface area is 116 Å². The monoisotopic (exact) mass is 271 g/mol. The van der Waals surface area contributed by atoms with Crippen LogP contribution in [0.3, 0.4) is 0 Å². The average molecular weight is 271 g/mol. The molecule has 0 aliphatic carbocycles. The number of carbonyl (C=O) groups excluding carboxylic acids is 2. The molecule has 0 spiro atoms. The molecule has 4 N–H and O–H groups in total. The minimum atomic E-state index is -0.808. The number of amides is 2. The molecule has 0 aromatic heterocycles. The fourth-order valence-electron chi connectivity index (χ4n) is 1.70. The zero-order chi connectivity index (χ0) is 15.0. The summed E-state index contributed by atoms with van der Waals surface area (Å²) >= 11 is 0. The van der Waals surface area contributed by atoms with E-state index in [0.29, 0.717) is 24.9 Å². The Hall–Kier alpha value is -1.10. The lowest BCUT2D eigenvalue weighted by atomic mass is 10.1. The molecule has 0 rings (SSSR count). The first-order valence-corrected chi connectivity index (χ1v) is 7.06. The molecule has 5 nitrogen and oxygen atoms in total. The van der Waals surface area contributed by atoms with Gasteiger partial charge in [-0.3, -0.25) is 9.59 Å². The number of rotatable bonds is 9. The van der Waals surface area contributed by atoms with Gasteiger partial charge in [-0.25, -0.2) is 0 Å². The van der Waals surface area contributed by atoms with Crippen molar-refractivity contribution in [3.05, 3.63) is 0 Å². The van der Waals surface area contributed by atoms with Gasteiger partial charge in [-0.2, -0.15) is 0 Å². The van der Waals surface area contributed by atoms with E-state index in [1.165, 1.54) is 0 Å². The van der Waals surface area contributed by atoms with Gasteiger partial charge in [0.2, 0.25) is 11.8 Å². The smallest absolute Gasteiger partial charge is 0.240 e. The Kier molecular flexibility index (Phi) is 8.39. The molecular formula is C14H29N3O2. The predicted octanol–water partition coefficient (Wildman–Crippen LogP) is 1.11. The maximum Gasteiger partial charge on any atom is 0.240 e. The van der Waals surface area contributed by atoms with Crippen LogP contribution >= 0.6 is 0 Å². The summed E-state index contributed by atoms with van der Waals surface area (Å²) in [6.07, 6.45) is 1.79. The van der Waals surface area contributed by atoms with Gasteiger partial charge in [0.1, 0.15) is 0 Å². The highest BCUT2D eigenvalue weighted by Crippen LogP contribution is 2.08. The van der Waals surface area contributed by atoms with Gasteiger partial charge in [0.05, 0.1) is 12.5 Å². The Balaban J connectivity index is 4.51. The molecule has 0 heterocycles. The highest BCUT2D eigenvalue weighted by atomic mass is 16.2. The van der Waals surface area contributed by atoms with Crippen LogP contribution in [0.5, 0.6) is 0 Å². The van der Waals surface area contributed by atoms with Gasteiger partial charge in [0.25, 0.3) is 0 Å². The molecule has 0 fully saturated rings.